The molecule has 1 fully saturated rings. The molecule has 2 heterocycles. The standard InChI is InChI=1S/C25H22N4O4S/c1-14-7-5-6-8-21(14)28-24(31)20(23(30)26-25(28)34)12-18-11-16(3)27(17(18)4)19-10-9-15(2)22(13-19)29(32)33/h5-13H,1-4H3,(H,26,30,34)/b20-12+. The molecular weight excluding hydrogens is 452 g/mol. The number of carbonyl (C=O) groups is 2. The van der Waals surface area contributed by atoms with E-state index in [9.17, 15) is 19.7 Å². The Bertz CT molecular complexity index is 1420. The Morgan fingerprint density at radius 1 is 1.00 bits per heavy atom. The van der Waals surface area contributed by atoms with Crippen LogP contribution in [0.15, 0.2) is 54.1 Å². The number of nitrogens with one attached hydrogen (secondary N) is 1. The zero-order valence-electron chi connectivity index (χ0n) is 19.1. The molecule has 0 atom stereocenters. The quantitative estimate of drug-likeness (QED) is 0.198. The number of hydrogen-bond donors (Lipinski definition) is 1. The molecule has 4 rings (SSSR count). The number of amides is 2. The number of nitrogens with zero attached hydrogens (tertiary/aromatic N) is 3. The van der Waals surface area contributed by atoms with Gasteiger partial charge in [0.05, 0.1) is 16.3 Å². The van der Waals surface area contributed by atoms with Gasteiger partial charge >= 0.3 is 0 Å². The molecule has 2 aromatic carbocycles. The molecule has 34 heavy (non-hydrogen) atoms. The molecule has 0 aliphatic carbocycles. The van der Waals surface area contributed by atoms with Crippen molar-refractivity contribution in [3.8, 4) is 5.69 Å². The van der Waals surface area contributed by atoms with E-state index >= 15 is 0 Å². The fourth-order valence-corrected chi connectivity index (χ4v) is 4.38. The van der Waals surface area contributed by atoms with Crippen molar-refractivity contribution >= 4 is 46.6 Å². The predicted octanol–water partition coefficient (Wildman–Crippen LogP) is 4.45. The first-order valence-electron chi connectivity index (χ1n) is 10.5. The van der Waals surface area contributed by atoms with Crippen LogP contribution in [0.25, 0.3) is 11.8 Å². The van der Waals surface area contributed by atoms with Crippen molar-refractivity contribution in [3.63, 3.8) is 0 Å². The molecule has 0 radical (unpaired) electrons. The van der Waals surface area contributed by atoms with Gasteiger partial charge in [-0.15, -0.1) is 0 Å². The Morgan fingerprint density at radius 2 is 1.71 bits per heavy atom. The van der Waals surface area contributed by atoms with E-state index in [-0.39, 0.29) is 16.4 Å². The van der Waals surface area contributed by atoms with Crippen molar-refractivity contribution in [2.24, 2.45) is 0 Å². The number of aryl methyl sites for hydroxylation is 3. The van der Waals surface area contributed by atoms with Gasteiger partial charge in [0.2, 0.25) is 0 Å². The van der Waals surface area contributed by atoms with Gasteiger partial charge in [0.1, 0.15) is 5.57 Å². The highest BCUT2D eigenvalue weighted by molar-refractivity contribution is 7.80. The summed E-state index contributed by atoms with van der Waals surface area (Å²) in [5.74, 6) is -1.09. The van der Waals surface area contributed by atoms with Crippen molar-refractivity contribution in [1.29, 1.82) is 0 Å². The van der Waals surface area contributed by atoms with Gasteiger partial charge in [-0.1, -0.05) is 24.3 Å². The molecule has 1 saturated heterocycles. The van der Waals surface area contributed by atoms with Crippen molar-refractivity contribution in [1.82, 2.24) is 9.88 Å². The summed E-state index contributed by atoms with van der Waals surface area (Å²) in [5, 5.41) is 14.0. The van der Waals surface area contributed by atoms with Crippen molar-refractivity contribution in [3.05, 3.63) is 92.3 Å². The minimum absolute atomic E-state index is 0.0223. The summed E-state index contributed by atoms with van der Waals surface area (Å²) in [6, 6.07) is 14.1. The third-order valence-corrected chi connectivity index (χ3v) is 6.16. The maximum atomic E-state index is 13.4. The SMILES string of the molecule is Cc1ccccc1N1C(=O)/C(=C/c2cc(C)n(-c3ccc(C)c([N+](=O)[O-])c3)c2C)C(=O)NC1=S. The lowest BCUT2D eigenvalue weighted by molar-refractivity contribution is -0.385. The molecule has 172 valence electrons. The average Bonchev–Trinajstić information content (AvgIpc) is 3.05. The Hall–Kier alpha value is -4.11. The summed E-state index contributed by atoms with van der Waals surface area (Å²) in [6.45, 7) is 7.24. The topological polar surface area (TPSA) is 97.5 Å². The van der Waals surface area contributed by atoms with Crippen LogP contribution in [0.4, 0.5) is 11.4 Å². The first-order chi connectivity index (χ1) is 16.1. The number of nitro groups is 1. The monoisotopic (exact) mass is 474 g/mol. The van der Waals surface area contributed by atoms with Gasteiger partial charge < -0.3 is 4.57 Å². The van der Waals surface area contributed by atoms with Gasteiger partial charge in [0, 0.05) is 23.0 Å². The molecule has 2 amide bonds. The minimum Gasteiger partial charge on any atom is -0.318 e. The van der Waals surface area contributed by atoms with Crippen LogP contribution in [0.5, 0.6) is 0 Å². The first kappa shape index (κ1) is 23.1. The van der Waals surface area contributed by atoms with Crippen LogP contribution >= 0.6 is 12.2 Å². The highest BCUT2D eigenvalue weighted by Gasteiger charge is 2.35. The number of anilines is 1. The Morgan fingerprint density at radius 3 is 2.38 bits per heavy atom. The summed E-state index contributed by atoms with van der Waals surface area (Å²) < 4.78 is 1.85. The zero-order chi connectivity index (χ0) is 24.7. The van der Waals surface area contributed by atoms with Crippen LogP contribution < -0.4 is 10.2 Å². The summed E-state index contributed by atoms with van der Waals surface area (Å²) >= 11 is 5.29. The van der Waals surface area contributed by atoms with Crippen LogP contribution in [0.2, 0.25) is 0 Å². The summed E-state index contributed by atoms with van der Waals surface area (Å²) in [6.07, 6.45) is 1.53. The summed E-state index contributed by atoms with van der Waals surface area (Å²) in [4.78, 5) is 38.4. The number of nitro benzene ring substituents is 1. The molecule has 0 unspecified atom stereocenters. The Labute approximate surface area is 201 Å². The van der Waals surface area contributed by atoms with E-state index in [1.165, 1.54) is 17.0 Å². The lowest BCUT2D eigenvalue weighted by atomic mass is 10.1. The minimum atomic E-state index is -0.574. The fourth-order valence-electron chi connectivity index (χ4n) is 4.11. The van der Waals surface area contributed by atoms with E-state index in [1.54, 1.807) is 31.2 Å². The van der Waals surface area contributed by atoms with Crippen LogP contribution in [0.3, 0.4) is 0 Å². The number of hydrogen-bond acceptors (Lipinski definition) is 5. The predicted molar refractivity (Wildman–Crippen MR) is 134 cm³/mol. The second-order valence-electron chi connectivity index (χ2n) is 8.13. The third-order valence-electron chi connectivity index (χ3n) is 5.88. The highest BCUT2D eigenvalue weighted by Crippen LogP contribution is 2.29. The second kappa shape index (κ2) is 8.68. The van der Waals surface area contributed by atoms with Gasteiger partial charge in [0.25, 0.3) is 17.5 Å². The maximum Gasteiger partial charge on any atom is 0.274 e. The average molecular weight is 475 g/mol. The van der Waals surface area contributed by atoms with Crippen LogP contribution in [0, 0.1) is 37.8 Å². The van der Waals surface area contributed by atoms with E-state index in [0.29, 0.717) is 22.5 Å². The smallest absolute Gasteiger partial charge is 0.274 e. The molecule has 3 aromatic rings. The molecule has 8 nitrogen and oxygen atoms in total. The lowest BCUT2D eigenvalue weighted by Crippen LogP contribution is -2.54. The molecule has 0 bridgehead atoms. The summed E-state index contributed by atoms with van der Waals surface area (Å²) in [7, 11) is 0. The van der Waals surface area contributed by atoms with Crippen LogP contribution in [-0.4, -0.2) is 26.4 Å². The lowest BCUT2D eigenvalue weighted by Gasteiger charge is -2.30. The Balaban J connectivity index is 1.79. The van der Waals surface area contributed by atoms with E-state index in [4.69, 9.17) is 12.2 Å². The molecule has 1 aromatic heterocycles. The number of para-hydroxylation sites is 1. The molecule has 0 saturated carbocycles. The van der Waals surface area contributed by atoms with Gasteiger partial charge in [-0.2, -0.15) is 0 Å². The normalized spacial score (nSPS) is 15.1. The molecule has 1 aliphatic rings. The number of aromatic nitrogens is 1. The number of thiocarbonyl (C=S) groups is 1. The van der Waals surface area contributed by atoms with Gasteiger partial charge in [-0.25, -0.2) is 0 Å². The highest BCUT2D eigenvalue weighted by atomic mass is 32.1. The molecular formula is C25H22N4O4S. The number of carbonyl (C=O) groups excluding carboxylic acids is 2. The van der Waals surface area contributed by atoms with Crippen molar-refractivity contribution in [2.75, 3.05) is 4.90 Å². The van der Waals surface area contributed by atoms with Gasteiger partial charge in [0.15, 0.2) is 5.11 Å². The fraction of sp³-hybridized carbons (Fsp3) is 0.160. The molecule has 0 spiro atoms. The maximum absolute atomic E-state index is 13.4. The van der Waals surface area contributed by atoms with E-state index < -0.39 is 16.7 Å². The number of benzene rings is 2. The van der Waals surface area contributed by atoms with E-state index in [2.05, 4.69) is 5.32 Å². The second-order valence-corrected chi connectivity index (χ2v) is 8.52. The molecule has 1 aliphatic heterocycles. The van der Waals surface area contributed by atoms with E-state index in [0.717, 1.165) is 17.0 Å². The van der Waals surface area contributed by atoms with Crippen LogP contribution in [-0.2, 0) is 9.59 Å². The van der Waals surface area contributed by atoms with E-state index in [1.807, 2.05) is 43.5 Å². The van der Waals surface area contributed by atoms with Crippen LogP contribution in [0.1, 0.15) is 28.1 Å². The first-order valence-corrected chi connectivity index (χ1v) is 10.9. The number of rotatable bonds is 4. The largest absolute Gasteiger partial charge is 0.318 e. The van der Waals surface area contributed by atoms with Gasteiger partial charge in [-0.3, -0.25) is 29.9 Å². The van der Waals surface area contributed by atoms with Gasteiger partial charge in [-0.05, 0) is 75.3 Å². The molecule has 1 N–H and O–H groups in total. The molecule has 9 heteroatoms. The third kappa shape index (κ3) is 3.90. The Kier molecular flexibility index (Phi) is 5.89. The van der Waals surface area contributed by atoms with Crippen molar-refractivity contribution < 1.29 is 14.5 Å². The van der Waals surface area contributed by atoms with Crippen molar-refractivity contribution in [2.45, 2.75) is 27.7 Å². The zero-order valence-corrected chi connectivity index (χ0v) is 19.9. The summed E-state index contributed by atoms with van der Waals surface area (Å²) in [5.41, 5.74) is 4.79.